The van der Waals surface area contributed by atoms with Gasteiger partial charge in [0.2, 0.25) is 0 Å². The molecule has 0 unspecified atom stereocenters. The third kappa shape index (κ3) is 4.50. The lowest BCUT2D eigenvalue weighted by Gasteiger charge is -2.18. The van der Waals surface area contributed by atoms with Gasteiger partial charge < -0.3 is 10.1 Å². The van der Waals surface area contributed by atoms with E-state index in [0.29, 0.717) is 12.6 Å². The Kier molecular flexibility index (Phi) is 5.06. The number of halogens is 1. The number of hydrogen-bond donors (Lipinski definition) is 1. The van der Waals surface area contributed by atoms with Crippen LogP contribution in [0.15, 0.2) is 22.7 Å². The Morgan fingerprint density at radius 2 is 2.20 bits per heavy atom. The normalized spacial score (nSPS) is 14.9. The summed E-state index contributed by atoms with van der Waals surface area (Å²) in [6.07, 6.45) is 3.28. The number of benzene rings is 1. The molecule has 108 valence electrons. The quantitative estimate of drug-likeness (QED) is 0.817. The molecule has 3 nitrogen and oxygen atoms in total. The topological polar surface area (TPSA) is 45.0 Å². The average molecular weight is 337 g/mol. The zero-order chi connectivity index (χ0) is 14.6. The summed E-state index contributed by atoms with van der Waals surface area (Å²) >= 11 is 3.55. The molecule has 0 bridgehead atoms. The molecule has 1 aliphatic carbocycles. The summed E-state index contributed by atoms with van der Waals surface area (Å²) in [5.74, 6) is 0.898. The van der Waals surface area contributed by atoms with Crippen LogP contribution in [0, 0.1) is 16.7 Å². The Bertz CT molecular complexity index is 504. The van der Waals surface area contributed by atoms with Gasteiger partial charge in [0, 0.05) is 18.2 Å². The summed E-state index contributed by atoms with van der Waals surface area (Å²) in [5.41, 5.74) is 0.828. The lowest BCUT2D eigenvalue weighted by atomic mass is 9.92. The fourth-order valence-corrected chi connectivity index (χ4v) is 2.38. The Morgan fingerprint density at radius 1 is 1.45 bits per heavy atom. The highest BCUT2D eigenvalue weighted by Crippen LogP contribution is 2.31. The minimum absolute atomic E-state index is 0.340. The van der Waals surface area contributed by atoms with Gasteiger partial charge in [0.25, 0.3) is 0 Å². The van der Waals surface area contributed by atoms with Gasteiger partial charge in [-0.15, -0.1) is 0 Å². The maximum absolute atomic E-state index is 9.03. The predicted molar refractivity (Wildman–Crippen MR) is 83.5 cm³/mol. The van der Waals surface area contributed by atoms with Crippen molar-refractivity contribution in [3.63, 3.8) is 0 Å². The molecule has 1 aromatic rings. The molecule has 0 atom stereocenters. The maximum Gasteiger partial charge on any atom is 0.137 e. The summed E-state index contributed by atoms with van der Waals surface area (Å²) in [5, 5.41) is 12.5. The van der Waals surface area contributed by atoms with E-state index in [4.69, 9.17) is 10.00 Å². The van der Waals surface area contributed by atoms with Crippen LogP contribution in [-0.2, 0) is 6.54 Å². The van der Waals surface area contributed by atoms with Crippen LogP contribution in [0.4, 0.5) is 0 Å². The Balaban J connectivity index is 1.96. The highest BCUT2D eigenvalue weighted by molar-refractivity contribution is 9.10. The van der Waals surface area contributed by atoms with Crippen LogP contribution in [-0.4, -0.2) is 12.6 Å². The van der Waals surface area contributed by atoms with E-state index in [0.717, 1.165) is 23.2 Å². The number of hydrogen-bond acceptors (Lipinski definition) is 3. The highest BCUT2D eigenvalue weighted by atomic mass is 79.9. The van der Waals surface area contributed by atoms with Crippen LogP contribution in [0.1, 0.15) is 38.7 Å². The summed E-state index contributed by atoms with van der Waals surface area (Å²) < 4.78 is 6.89. The van der Waals surface area contributed by atoms with Crippen molar-refractivity contribution in [1.29, 1.82) is 5.26 Å². The summed E-state index contributed by atoms with van der Waals surface area (Å²) in [4.78, 5) is 0. The van der Waals surface area contributed by atoms with Gasteiger partial charge in [-0.3, -0.25) is 0 Å². The van der Waals surface area contributed by atoms with Crippen molar-refractivity contribution in [2.45, 2.75) is 45.7 Å². The fourth-order valence-electron chi connectivity index (χ4n) is 1.86. The highest BCUT2D eigenvalue weighted by Gasteiger charge is 2.21. The molecule has 0 saturated heterocycles. The van der Waals surface area contributed by atoms with E-state index in [1.54, 1.807) is 0 Å². The summed E-state index contributed by atoms with van der Waals surface area (Å²) in [7, 11) is 0. The second kappa shape index (κ2) is 6.60. The first-order valence-electron chi connectivity index (χ1n) is 7.07. The first kappa shape index (κ1) is 15.3. The number of nitrogens with one attached hydrogen (secondary N) is 1. The molecule has 2 rings (SSSR count). The number of ether oxygens (including phenoxy) is 1. The van der Waals surface area contributed by atoms with Crippen LogP contribution >= 0.6 is 15.9 Å². The molecule has 1 aliphatic rings. The van der Waals surface area contributed by atoms with E-state index in [-0.39, 0.29) is 5.41 Å². The molecular formula is C16H21BrN2O. The Hall–Kier alpha value is -1.05. The van der Waals surface area contributed by atoms with Gasteiger partial charge in [-0.2, -0.15) is 5.26 Å². The fraction of sp³-hybridized carbons (Fsp3) is 0.562. The molecule has 0 spiro atoms. The zero-order valence-corrected chi connectivity index (χ0v) is 13.7. The Labute approximate surface area is 129 Å². The van der Waals surface area contributed by atoms with E-state index in [9.17, 15) is 0 Å². The predicted octanol–water partition coefficient (Wildman–Crippen LogP) is 4.02. The van der Waals surface area contributed by atoms with E-state index >= 15 is 0 Å². The van der Waals surface area contributed by atoms with Gasteiger partial charge in [-0.25, -0.2) is 0 Å². The molecule has 1 saturated carbocycles. The first-order valence-corrected chi connectivity index (χ1v) is 7.86. The monoisotopic (exact) mass is 336 g/mol. The van der Waals surface area contributed by atoms with Crippen LogP contribution in [0.3, 0.4) is 0 Å². The first-order chi connectivity index (χ1) is 9.52. The largest absolute Gasteiger partial charge is 0.492 e. The van der Waals surface area contributed by atoms with E-state index in [1.165, 1.54) is 18.4 Å². The van der Waals surface area contributed by atoms with Crippen molar-refractivity contribution in [1.82, 2.24) is 5.32 Å². The number of rotatable bonds is 7. The van der Waals surface area contributed by atoms with E-state index < -0.39 is 0 Å². The maximum atomic E-state index is 9.03. The average Bonchev–Trinajstić information content (AvgIpc) is 3.23. The third-order valence-corrected chi connectivity index (χ3v) is 4.11. The van der Waals surface area contributed by atoms with Crippen LogP contribution < -0.4 is 10.1 Å². The minimum atomic E-state index is -0.340. The van der Waals surface area contributed by atoms with Crippen molar-refractivity contribution in [3.8, 4) is 11.8 Å². The number of para-hydroxylation sites is 1. The van der Waals surface area contributed by atoms with E-state index in [1.807, 2.05) is 26.0 Å². The van der Waals surface area contributed by atoms with Gasteiger partial charge >= 0.3 is 0 Å². The molecule has 1 fully saturated rings. The lowest BCUT2D eigenvalue weighted by molar-refractivity contribution is 0.260. The van der Waals surface area contributed by atoms with Crippen molar-refractivity contribution < 1.29 is 4.74 Å². The molecule has 0 aromatic heterocycles. The Morgan fingerprint density at radius 3 is 2.85 bits per heavy atom. The standard InChI is InChI=1S/C16H21BrN2O/c1-16(2,11-18)8-9-20-15-12(4-3-5-14(15)17)10-19-13-6-7-13/h3-5,13,19H,6-10H2,1-2H3. The number of nitriles is 1. The van der Waals surface area contributed by atoms with Crippen molar-refractivity contribution >= 4 is 15.9 Å². The van der Waals surface area contributed by atoms with Gasteiger partial charge in [0.1, 0.15) is 5.75 Å². The van der Waals surface area contributed by atoms with Crippen LogP contribution in [0.25, 0.3) is 0 Å². The van der Waals surface area contributed by atoms with Gasteiger partial charge in [0.15, 0.2) is 0 Å². The van der Waals surface area contributed by atoms with Crippen molar-refractivity contribution in [2.75, 3.05) is 6.61 Å². The van der Waals surface area contributed by atoms with Crippen molar-refractivity contribution in [3.05, 3.63) is 28.2 Å². The third-order valence-electron chi connectivity index (χ3n) is 3.48. The second-order valence-corrected chi connectivity index (χ2v) is 6.83. The van der Waals surface area contributed by atoms with Crippen LogP contribution in [0.5, 0.6) is 5.75 Å². The smallest absolute Gasteiger partial charge is 0.137 e. The zero-order valence-electron chi connectivity index (χ0n) is 12.1. The van der Waals surface area contributed by atoms with E-state index in [2.05, 4.69) is 33.4 Å². The van der Waals surface area contributed by atoms with Gasteiger partial charge in [-0.05, 0) is 55.1 Å². The van der Waals surface area contributed by atoms with Gasteiger partial charge in [0.05, 0.1) is 22.6 Å². The summed E-state index contributed by atoms with van der Waals surface area (Å²) in [6, 6.07) is 9.09. The molecular weight excluding hydrogens is 316 g/mol. The van der Waals surface area contributed by atoms with Crippen LogP contribution in [0.2, 0.25) is 0 Å². The second-order valence-electron chi connectivity index (χ2n) is 5.98. The van der Waals surface area contributed by atoms with Gasteiger partial charge in [-0.1, -0.05) is 12.1 Å². The minimum Gasteiger partial charge on any atom is -0.492 e. The molecule has 1 aromatic carbocycles. The molecule has 0 aliphatic heterocycles. The molecule has 1 N–H and O–H groups in total. The SMILES string of the molecule is CC(C)(C#N)CCOc1c(Br)cccc1CNC1CC1. The summed E-state index contributed by atoms with van der Waals surface area (Å²) in [6.45, 7) is 5.26. The molecule has 0 heterocycles. The molecule has 0 radical (unpaired) electrons. The number of nitrogens with zero attached hydrogens (tertiary/aromatic N) is 1. The van der Waals surface area contributed by atoms with Crippen molar-refractivity contribution in [2.24, 2.45) is 5.41 Å². The lowest BCUT2D eigenvalue weighted by Crippen LogP contribution is -2.17. The molecule has 20 heavy (non-hydrogen) atoms. The molecule has 4 heteroatoms. The molecule has 0 amide bonds.